The van der Waals surface area contributed by atoms with Gasteiger partial charge in [0.15, 0.2) is 0 Å². The SMILES string of the molecule is COCCCCNC(=O)c1ccc(N)c(C(F)(F)F)c1. The first-order valence-corrected chi connectivity index (χ1v) is 6.10. The van der Waals surface area contributed by atoms with Crippen LogP contribution in [-0.4, -0.2) is 26.2 Å². The first-order chi connectivity index (χ1) is 9.36. The van der Waals surface area contributed by atoms with E-state index in [-0.39, 0.29) is 5.56 Å². The topological polar surface area (TPSA) is 64.3 Å². The van der Waals surface area contributed by atoms with Crippen LogP contribution in [0.3, 0.4) is 0 Å². The number of methoxy groups -OCH3 is 1. The van der Waals surface area contributed by atoms with E-state index in [0.717, 1.165) is 18.6 Å². The summed E-state index contributed by atoms with van der Waals surface area (Å²) in [6, 6.07) is 3.12. The third kappa shape index (κ3) is 4.73. The molecule has 1 aromatic rings. The van der Waals surface area contributed by atoms with Crippen molar-refractivity contribution in [2.75, 3.05) is 26.0 Å². The summed E-state index contributed by atoms with van der Waals surface area (Å²) in [5.74, 6) is -0.548. The molecular formula is C13H17F3N2O2. The van der Waals surface area contributed by atoms with Gasteiger partial charge < -0.3 is 15.8 Å². The van der Waals surface area contributed by atoms with Gasteiger partial charge in [0.25, 0.3) is 5.91 Å². The fourth-order valence-electron chi connectivity index (χ4n) is 1.62. The van der Waals surface area contributed by atoms with Gasteiger partial charge >= 0.3 is 6.18 Å². The van der Waals surface area contributed by atoms with Gasteiger partial charge in [-0.2, -0.15) is 13.2 Å². The molecule has 0 saturated heterocycles. The minimum Gasteiger partial charge on any atom is -0.398 e. The molecule has 0 fully saturated rings. The normalized spacial score (nSPS) is 11.4. The fraction of sp³-hybridized carbons (Fsp3) is 0.462. The van der Waals surface area contributed by atoms with Gasteiger partial charge in [0.05, 0.1) is 5.56 Å². The molecule has 0 saturated carbocycles. The number of nitrogens with two attached hydrogens (primary N) is 1. The van der Waals surface area contributed by atoms with Crippen LogP contribution in [0.25, 0.3) is 0 Å². The maximum absolute atomic E-state index is 12.7. The number of benzene rings is 1. The molecule has 0 unspecified atom stereocenters. The molecule has 0 heterocycles. The molecule has 112 valence electrons. The van der Waals surface area contributed by atoms with Crippen molar-refractivity contribution < 1.29 is 22.7 Å². The lowest BCUT2D eigenvalue weighted by atomic mass is 10.1. The van der Waals surface area contributed by atoms with Gasteiger partial charge in [-0.15, -0.1) is 0 Å². The zero-order chi connectivity index (χ0) is 15.2. The highest BCUT2D eigenvalue weighted by Gasteiger charge is 2.33. The number of halogens is 3. The molecular weight excluding hydrogens is 273 g/mol. The Morgan fingerprint density at radius 3 is 2.65 bits per heavy atom. The largest absolute Gasteiger partial charge is 0.418 e. The Bertz CT molecular complexity index is 461. The molecule has 4 nitrogen and oxygen atoms in total. The van der Waals surface area contributed by atoms with Gasteiger partial charge in [0.2, 0.25) is 0 Å². The maximum Gasteiger partial charge on any atom is 0.418 e. The second-order valence-electron chi connectivity index (χ2n) is 4.26. The van der Waals surface area contributed by atoms with Crippen LogP contribution >= 0.6 is 0 Å². The van der Waals surface area contributed by atoms with Gasteiger partial charge in [-0.1, -0.05) is 0 Å². The molecule has 0 aromatic heterocycles. The number of nitrogens with one attached hydrogen (secondary N) is 1. The predicted octanol–water partition coefficient (Wildman–Crippen LogP) is 2.44. The van der Waals surface area contributed by atoms with Crippen molar-refractivity contribution in [3.05, 3.63) is 29.3 Å². The molecule has 7 heteroatoms. The Morgan fingerprint density at radius 1 is 1.35 bits per heavy atom. The third-order valence-corrected chi connectivity index (χ3v) is 2.68. The van der Waals surface area contributed by atoms with Gasteiger partial charge in [0.1, 0.15) is 0 Å². The first-order valence-electron chi connectivity index (χ1n) is 6.10. The van der Waals surface area contributed by atoms with E-state index in [0.29, 0.717) is 19.6 Å². The number of rotatable bonds is 6. The number of hydrogen-bond donors (Lipinski definition) is 2. The number of amides is 1. The van der Waals surface area contributed by atoms with Gasteiger partial charge in [-0.25, -0.2) is 0 Å². The molecule has 20 heavy (non-hydrogen) atoms. The Hall–Kier alpha value is -1.76. The molecule has 0 aliphatic heterocycles. The van der Waals surface area contributed by atoms with Crippen LogP contribution in [0.15, 0.2) is 18.2 Å². The lowest BCUT2D eigenvalue weighted by Gasteiger charge is -2.12. The van der Waals surface area contributed by atoms with Crippen molar-refractivity contribution in [3.8, 4) is 0 Å². The second-order valence-corrected chi connectivity index (χ2v) is 4.26. The summed E-state index contributed by atoms with van der Waals surface area (Å²) in [5, 5.41) is 2.55. The number of carbonyl (C=O) groups is 1. The molecule has 0 aliphatic rings. The Morgan fingerprint density at radius 2 is 2.05 bits per heavy atom. The lowest BCUT2D eigenvalue weighted by Crippen LogP contribution is -2.25. The van der Waals surface area contributed by atoms with Crippen molar-refractivity contribution in [2.24, 2.45) is 0 Å². The summed E-state index contributed by atoms with van der Waals surface area (Å²) in [7, 11) is 1.58. The summed E-state index contributed by atoms with van der Waals surface area (Å²) in [4.78, 5) is 11.7. The van der Waals surface area contributed by atoms with Crippen LogP contribution in [0.1, 0.15) is 28.8 Å². The third-order valence-electron chi connectivity index (χ3n) is 2.68. The summed E-state index contributed by atoms with van der Waals surface area (Å²) < 4.78 is 42.8. The summed E-state index contributed by atoms with van der Waals surface area (Å²) >= 11 is 0. The molecule has 0 aliphatic carbocycles. The highest BCUT2D eigenvalue weighted by Crippen LogP contribution is 2.33. The average Bonchev–Trinajstić information content (AvgIpc) is 2.37. The molecule has 0 bridgehead atoms. The van der Waals surface area contributed by atoms with E-state index in [1.807, 2.05) is 0 Å². The summed E-state index contributed by atoms with van der Waals surface area (Å²) in [6.07, 6.45) is -3.11. The predicted molar refractivity (Wildman–Crippen MR) is 69.3 cm³/mol. The maximum atomic E-state index is 12.7. The van der Waals surface area contributed by atoms with E-state index in [2.05, 4.69) is 5.32 Å². The second kappa shape index (κ2) is 7.14. The summed E-state index contributed by atoms with van der Waals surface area (Å²) in [6.45, 7) is 0.962. The number of hydrogen-bond acceptors (Lipinski definition) is 3. The lowest BCUT2D eigenvalue weighted by molar-refractivity contribution is -0.136. The van der Waals surface area contributed by atoms with E-state index in [9.17, 15) is 18.0 Å². The number of nitrogen functional groups attached to an aromatic ring is 1. The first kappa shape index (κ1) is 16.3. The van der Waals surface area contributed by atoms with E-state index in [1.165, 1.54) is 6.07 Å². The van der Waals surface area contributed by atoms with E-state index in [4.69, 9.17) is 10.5 Å². The number of anilines is 1. The standard InChI is InChI=1S/C13H17F3N2O2/c1-20-7-3-2-6-18-12(19)9-4-5-11(17)10(8-9)13(14,15)16/h4-5,8H,2-3,6-7,17H2,1H3,(H,18,19). The van der Waals surface area contributed by atoms with Crippen LogP contribution < -0.4 is 11.1 Å². The Kier molecular flexibility index (Phi) is 5.82. The zero-order valence-electron chi connectivity index (χ0n) is 11.1. The van der Waals surface area contributed by atoms with E-state index >= 15 is 0 Å². The van der Waals surface area contributed by atoms with Gasteiger partial charge in [-0.05, 0) is 31.0 Å². The summed E-state index contributed by atoms with van der Waals surface area (Å²) in [5.41, 5.74) is 3.82. The van der Waals surface area contributed by atoms with Crippen molar-refractivity contribution in [2.45, 2.75) is 19.0 Å². The van der Waals surface area contributed by atoms with E-state index in [1.54, 1.807) is 7.11 Å². The van der Waals surface area contributed by atoms with Crippen molar-refractivity contribution in [1.82, 2.24) is 5.32 Å². The molecule has 1 amide bonds. The van der Waals surface area contributed by atoms with Gasteiger partial charge in [0, 0.05) is 31.5 Å². The Labute approximate surface area is 115 Å². The highest BCUT2D eigenvalue weighted by atomic mass is 19.4. The molecule has 0 radical (unpaired) electrons. The minimum absolute atomic E-state index is 0.0572. The fourth-order valence-corrected chi connectivity index (χ4v) is 1.62. The average molecular weight is 290 g/mol. The minimum atomic E-state index is -4.57. The van der Waals surface area contributed by atoms with Gasteiger partial charge in [-0.3, -0.25) is 4.79 Å². The number of alkyl halides is 3. The van der Waals surface area contributed by atoms with Crippen molar-refractivity contribution >= 4 is 11.6 Å². The van der Waals surface area contributed by atoms with Crippen LogP contribution in [-0.2, 0) is 10.9 Å². The van der Waals surface area contributed by atoms with Crippen LogP contribution in [0.4, 0.5) is 18.9 Å². The number of carbonyl (C=O) groups excluding carboxylic acids is 1. The monoisotopic (exact) mass is 290 g/mol. The molecule has 0 spiro atoms. The van der Waals surface area contributed by atoms with Crippen LogP contribution in [0.5, 0.6) is 0 Å². The van der Waals surface area contributed by atoms with Crippen LogP contribution in [0, 0.1) is 0 Å². The quantitative estimate of drug-likeness (QED) is 0.625. The number of unbranched alkanes of at least 4 members (excludes halogenated alkanes) is 1. The van der Waals surface area contributed by atoms with E-state index < -0.39 is 23.3 Å². The van der Waals surface area contributed by atoms with Crippen LogP contribution in [0.2, 0.25) is 0 Å². The van der Waals surface area contributed by atoms with Crippen molar-refractivity contribution in [3.63, 3.8) is 0 Å². The molecule has 1 rings (SSSR count). The number of ether oxygens (including phenoxy) is 1. The molecule has 1 aromatic carbocycles. The van der Waals surface area contributed by atoms with Crippen molar-refractivity contribution in [1.29, 1.82) is 0 Å². The highest BCUT2D eigenvalue weighted by molar-refractivity contribution is 5.94. The smallest absolute Gasteiger partial charge is 0.398 e. The Balaban J connectivity index is 2.65. The zero-order valence-corrected chi connectivity index (χ0v) is 11.1. The molecule has 0 atom stereocenters. The molecule has 3 N–H and O–H groups in total.